The summed E-state index contributed by atoms with van der Waals surface area (Å²) >= 11 is 3.57. The number of hydrogen-bond acceptors (Lipinski definition) is 6. The summed E-state index contributed by atoms with van der Waals surface area (Å²) in [6, 6.07) is 24.1. The molecular formula is C68H79BrF9NO6. The number of piperidine rings is 1. The van der Waals surface area contributed by atoms with Crippen molar-refractivity contribution in [3.63, 3.8) is 0 Å². The molecule has 1 heterocycles. The summed E-state index contributed by atoms with van der Waals surface area (Å²) in [5.74, 6) is 0.922. The van der Waals surface area contributed by atoms with Crippen LogP contribution in [0, 0.1) is 23.7 Å². The lowest BCUT2D eigenvalue weighted by molar-refractivity contribution is -0.139. The van der Waals surface area contributed by atoms with Crippen molar-refractivity contribution in [3.8, 4) is 17.2 Å². The van der Waals surface area contributed by atoms with Gasteiger partial charge in [-0.1, -0.05) is 111 Å². The number of aliphatic carboxylic acids is 1. The van der Waals surface area contributed by atoms with Crippen LogP contribution in [0.1, 0.15) is 193 Å². The van der Waals surface area contributed by atoms with E-state index in [1.54, 1.807) is 42.5 Å². The van der Waals surface area contributed by atoms with Crippen LogP contribution in [-0.2, 0) is 23.3 Å². The molecule has 6 aromatic carbocycles. The van der Waals surface area contributed by atoms with Crippen molar-refractivity contribution in [2.45, 2.75) is 191 Å². The fourth-order valence-electron chi connectivity index (χ4n) is 12.9. The number of halogens is 10. The highest BCUT2D eigenvalue weighted by atomic mass is 79.9. The molecule has 1 aliphatic heterocycles. The first kappa shape index (κ1) is 65.4. The molecule has 7 nitrogen and oxygen atoms in total. The maximum Gasteiger partial charge on any atom is 0.420 e. The number of alkyl halides is 10. The monoisotopic (exact) mass is 1260 g/mol. The van der Waals surface area contributed by atoms with Gasteiger partial charge < -0.3 is 19.3 Å². The molecule has 4 aliphatic rings. The number of ether oxygens (including phenoxy) is 3. The summed E-state index contributed by atoms with van der Waals surface area (Å²) in [6.45, 7) is 12.2. The van der Waals surface area contributed by atoms with Crippen LogP contribution in [0.2, 0.25) is 0 Å². The number of hydrogen-bond donors (Lipinski definition) is 1. The summed E-state index contributed by atoms with van der Waals surface area (Å²) in [4.78, 5) is 24.5. The largest absolute Gasteiger partial charge is 0.490 e. The third-order valence-corrected chi connectivity index (χ3v) is 18.9. The van der Waals surface area contributed by atoms with Gasteiger partial charge >= 0.3 is 24.5 Å². The minimum Gasteiger partial charge on any atom is -0.490 e. The van der Waals surface area contributed by atoms with Gasteiger partial charge in [-0.15, -0.1) is 0 Å². The van der Waals surface area contributed by atoms with Crippen LogP contribution in [0.3, 0.4) is 0 Å². The third kappa shape index (κ3) is 17.0. The highest BCUT2D eigenvalue weighted by Crippen LogP contribution is 2.47. The summed E-state index contributed by atoms with van der Waals surface area (Å²) < 4.78 is 143. The van der Waals surface area contributed by atoms with Gasteiger partial charge in [-0.25, -0.2) is 0 Å². The number of carboxylic acids is 1. The van der Waals surface area contributed by atoms with Crippen LogP contribution < -0.4 is 14.2 Å². The second-order valence-corrected chi connectivity index (χ2v) is 25.4. The van der Waals surface area contributed by atoms with Crippen LogP contribution >= 0.6 is 15.9 Å². The summed E-state index contributed by atoms with van der Waals surface area (Å²) in [5.41, 5.74) is 0.222. The van der Waals surface area contributed by atoms with Gasteiger partial charge in [0, 0.05) is 29.4 Å². The van der Waals surface area contributed by atoms with Crippen LogP contribution in [0.25, 0.3) is 32.3 Å². The number of aldehydes is 1. The molecule has 0 radical (unpaired) electrons. The summed E-state index contributed by atoms with van der Waals surface area (Å²) in [6.07, 6.45) is 1.01. The number of carbonyl (C=O) groups is 2. The Labute approximate surface area is 501 Å². The Morgan fingerprint density at radius 2 is 0.941 bits per heavy atom. The Morgan fingerprint density at radius 1 is 0.553 bits per heavy atom. The third-order valence-electron chi connectivity index (χ3n) is 17.7. The second kappa shape index (κ2) is 28.5. The van der Waals surface area contributed by atoms with Gasteiger partial charge in [-0.05, 0) is 207 Å². The highest BCUT2D eigenvalue weighted by Gasteiger charge is 2.40. The Balaban J connectivity index is 0.000000170. The number of carbonyl (C=O) groups excluding carboxylic acids is 1. The Morgan fingerprint density at radius 3 is 1.32 bits per heavy atom. The van der Waals surface area contributed by atoms with Gasteiger partial charge in [0.1, 0.15) is 40.2 Å². The van der Waals surface area contributed by atoms with Gasteiger partial charge in [-0.2, -0.15) is 39.5 Å². The molecule has 0 bridgehead atoms. The molecule has 3 atom stereocenters. The molecule has 17 heteroatoms. The molecule has 0 aromatic heterocycles. The van der Waals surface area contributed by atoms with Crippen molar-refractivity contribution in [3.05, 3.63) is 124 Å². The predicted octanol–water partition coefficient (Wildman–Crippen LogP) is 20.7. The number of rotatable bonds is 14. The zero-order chi connectivity index (χ0) is 61.4. The van der Waals surface area contributed by atoms with Crippen LogP contribution in [0.15, 0.2) is 91.0 Å². The molecule has 3 aliphatic carbocycles. The van der Waals surface area contributed by atoms with E-state index in [4.69, 9.17) is 14.2 Å². The van der Waals surface area contributed by atoms with E-state index in [0.717, 1.165) is 120 Å². The first-order chi connectivity index (χ1) is 40.3. The van der Waals surface area contributed by atoms with Crippen molar-refractivity contribution in [2.24, 2.45) is 23.7 Å². The second-order valence-electron chi connectivity index (χ2n) is 24.3. The molecule has 0 spiro atoms. The van der Waals surface area contributed by atoms with E-state index in [0.29, 0.717) is 52.3 Å². The molecule has 1 N–H and O–H groups in total. The van der Waals surface area contributed by atoms with Gasteiger partial charge in [0.25, 0.3) is 0 Å². The Bertz CT molecular complexity index is 3210. The predicted molar refractivity (Wildman–Crippen MR) is 320 cm³/mol. The van der Waals surface area contributed by atoms with E-state index in [1.165, 1.54) is 36.4 Å². The van der Waals surface area contributed by atoms with Crippen molar-refractivity contribution < 1.29 is 68.4 Å². The van der Waals surface area contributed by atoms with Gasteiger partial charge in [0.05, 0.1) is 18.3 Å². The summed E-state index contributed by atoms with van der Waals surface area (Å²) in [7, 11) is 0. The first-order valence-corrected chi connectivity index (χ1v) is 31.2. The molecule has 4 fully saturated rings. The minimum absolute atomic E-state index is 0.0387. The van der Waals surface area contributed by atoms with Crippen molar-refractivity contribution >= 4 is 60.5 Å². The van der Waals surface area contributed by atoms with Crippen molar-refractivity contribution in [1.82, 2.24) is 4.90 Å². The fraction of sp³-hybridized carbons (Fsp3) is 0.529. The lowest BCUT2D eigenvalue weighted by Gasteiger charge is -2.38. The zero-order valence-electron chi connectivity index (χ0n) is 49.1. The molecule has 3 saturated carbocycles. The molecular weight excluding hydrogens is 1180 g/mol. The number of nitrogens with zero attached hydrogens (tertiary/aromatic N) is 1. The molecule has 0 amide bonds. The van der Waals surface area contributed by atoms with E-state index in [9.17, 15) is 54.2 Å². The molecule has 2 unspecified atom stereocenters. The molecule has 462 valence electrons. The Hall–Kier alpha value is -5.55. The normalized spacial score (nSPS) is 23.2. The van der Waals surface area contributed by atoms with Crippen LogP contribution in [-0.4, -0.2) is 53.7 Å². The molecule has 6 aromatic rings. The smallest absolute Gasteiger partial charge is 0.420 e. The zero-order valence-corrected chi connectivity index (χ0v) is 50.7. The Kier molecular flexibility index (Phi) is 22.0. The quantitative estimate of drug-likeness (QED) is 0.0661. The lowest BCUT2D eigenvalue weighted by atomic mass is 9.89. The van der Waals surface area contributed by atoms with Crippen molar-refractivity contribution in [2.75, 3.05) is 13.1 Å². The maximum absolute atomic E-state index is 14.2. The average molecular weight is 1260 g/mol. The maximum atomic E-state index is 14.2. The average Bonchev–Trinajstić information content (AvgIpc) is 1.38. The number of benzene rings is 6. The molecule has 1 saturated heterocycles. The lowest BCUT2D eigenvalue weighted by Crippen LogP contribution is -2.38. The van der Waals surface area contributed by atoms with E-state index in [-0.39, 0.29) is 74.9 Å². The van der Waals surface area contributed by atoms with E-state index in [2.05, 4.69) is 48.5 Å². The van der Waals surface area contributed by atoms with Gasteiger partial charge in [0.2, 0.25) is 0 Å². The molecule has 10 rings (SSSR count). The number of carboxylic acid groups (broad SMARTS) is 1. The van der Waals surface area contributed by atoms with E-state index < -0.39 is 41.2 Å². The topological polar surface area (TPSA) is 85.3 Å². The van der Waals surface area contributed by atoms with E-state index >= 15 is 0 Å². The first-order valence-electron chi connectivity index (χ1n) is 30.3. The number of fused-ring (bicyclic) bond motifs is 3. The van der Waals surface area contributed by atoms with E-state index in [1.807, 2.05) is 19.1 Å². The molecule has 85 heavy (non-hydrogen) atoms. The summed E-state index contributed by atoms with van der Waals surface area (Å²) in [5, 5.41) is 11.2. The van der Waals surface area contributed by atoms with Crippen molar-refractivity contribution in [1.29, 1.82) is 0 Å². The van der Waals surface area contributed by atoms with Crippen LogP contribution in [0.5, 0.6) is 17.2 Å². The fourth-order valence-corrected chi connectivity index (χ4v) is 13.2. The highest BCUT2D eigenvalue weighted by molar-refractivity contribution is 9.09. The van der Waals surface area contributed by atoms with Crippen LogP contribution in [0.4, 0.5) is 39.5 Å². The minimum atomic E-state index is -4.51. The SMILES string of the molecule is CC1CCC(Oc2ccc3cc(C=O)ccc3c2C(F)(F)F)CC1.CCC(Br)c1ccc2c(C(F)(F)F)c(OC3CCC(C)CC3)ccc2c1.CCC(c1ccc2c(C(F)(F)F)c(OC3CCC(C)CC3)ccc2c1)N1CCC[C@H](CC(=O)O)C1. The van der Waals surface area contributed by atoms with Gasteiger partial charge in [-0.3, -0.25) is 14.5 Å². The number of likely N-dealkylation sites (tertiary alicyclic amines) is 1. The standard InChI is InChI=1S/C28H36F3NO3.C21H24BrF3O.C19H19F3O2/c1-3-24(32-14-4-5-19(17-32)15-26(33)34)21-8-12-23-20(16-21)9-13-25(27(23)28(29,30)31)35-22-10-6-18(2)7-11-22;1-3-18(22)15-6-10-17-14(12-15)7-11-19(20(17)21(23,24)25)26-16-8-4-13(2)5-9-16;1-12-2-6-15(7-3-12)24-17-9-5-14-10-13(11-23)4-8-16(14)18(17)19(20,21)22/h8-9,12-13,16,18-19,22,24H,3-7,10-11,14-15,17H2,1-2H3,(H,33,34);6-7,10-13,16,18H,3-5,8-9H2,1-2H3;4-5,8-12,15H,2-3,6-7H2,1H3/t18?,19-,22?,24?;;/m1../s1. The van der Waals surface area contributed by atoms with Gasteiger partial charge in [0.15, 0.2) is 0 Å².